The van der Waals surface area contributed by atoms with Gasteiger partial charge in [0, 0.05) is 19.0 Å². The Morgan fingerprint density at radius 1 is 1.69 bits per heavy atom. The van der Waals surface area contributed by atoms with Crippen molar-refractivity contribution >= 4 is 12.4 Å². The Morgan fingerprint density at radius 2 is 2.38 bits per heavy atom. The summed E-state index contributed by atoms with van der Waals surface area (Å²) in [5, 5.41) is 12.6. The number of nitrogens with zero attached hydrogens (tertiary/aromatic N) is 1. The predicted octanol–water partition coefficient (Wildman–Crippen LogP) is 0.308. The van der Waals surface area contributed by atoms with E-state index in [1.807, 2.05) is 13.8 Å². The van der Waals surface area contributed by atoms with Crippen LogP contribution in [0.15, 0.2) is 0 Å². The van der Waals surface area contributed by atoms with E-state index in [0.717, 1.165) is 6.42 Å². The van der Waals surface area contributed by atoms with Gasteiger partial charge in [0.2, 0.25) is 6.41 Å². The number of amides is 1. The monoisotopic (exact) mass is 228 g/mol. The van der Waals surface area contributed by atoms with Crippen molar-refractivity contribution in [2.75, 3.05) is 19.6 Å². The zero-order valence-electron chi connectivity index (χ0n) is 9.90. The smallest absolute Gasteiger partial charge is 0.330 e. The van der Waals surface area contributed by atoms with Gasteiger partial charge >= 0.3 is 5.97 Å². The molecule has 0 bridgehead atoms. The lowest BCUT2D eigenvalue weighted by molar-refractivity contribution is -0.161. The highest BCUT2D eigenvalue weighted by atomic mass is 16.4. The fourth-order valence-electron chi connectivity index (χ4n) is 2.47. The van der Waals surface area contributed by atoms with Crippen molar-refractivity contribution < 1.29 is 14.7 Å². The molecule has 5 nitrogen and oxygen atoms in total. The second kappa shape index (κ2) is 5.30. The molecule has 0 aromatic rings. The number of hydrogen-bond donors (Lipinski definition) is 2. The molecule has 0 radical (unpaired) electrons. The van der Waals surface area contributed by atoms with Crippen LogP contribution in [-0.4, -0.2) is 47.6 Å². The van der Waals surface area contributed by atoms with Crippen molar-refractivity contribution in [1.82, 2.24) is 10.2 Å². The summed E-state index contributed by atoms with van der Waals surface area (Å²) < 4.78 is 0. The maximum atomic E-state index is 11.5. The van der Waals surface area contributed by atoms with Crippen molar-refractivity contribution in [3.8, 4) is 0 Å². The number of carbonyl (C=O) groups excluding carboxylic acids is 1. The Morgan fingerprint density at radius 3 is 2.81 bits per heavy atom. The van der Waals surface area contributed by atoms with E-state index in [1.54, 1.807) is 0 Å². The summed E-state index contributed by atoms with van der Waals surface area (Å²) >= 11 is 0. The maximum absolute atomic E-state index is 11.5. The van der Waals surface area contributed by atoms with Crippen LogP contribution in [0.25, 0.3) is 0 Å². The summed E-state index contributed by atoms with van der Waals surface area (Å²) in [7, 11) is 0. The number of aliphatic carboxylic acids is 1. The topological polar surface area (TPSA) is 69.6 Å². The molecule has 16 heavy (non-hydrogen) atoms. The molecule has 1 amide bonds. The van der Waals surface area contributed by atoms with Crippen LogP contribution < -0.4 is 5.32 Å². The highest BCUT2D eigenvalue weighted by molar-refractivity contribution is 5.82. The van der Waals surface area contributed by atoms with Gasteiger partial charge in [0.15, 0.2) is 0 Å². The lowest BCUT2D eigenvalue weighted by Gasteiger charge is -2.45. The van der Waals surface area contributed by atoms with E-state index in [2.05, 4.69) is 5.32 Å². The van der Waals surface area contributed by atoms with E-state index in [9.17, 15) is 14.7 Å². The molecule has 0 aliphatic carbocycles. The quantitative estimate of drug-likeness (QED) is 0.664. The molecule has 2 atom stereocenters. The van der Waals surface area contributed by atoms with E-state index in [4.69, 9.17) is 0 Å². The molecule has 1 saturated heterocycles. The number of carboxylic acid groups (broad SMARTS) is 1. The molecule has 2 unspecified atom stereocenters. The maximum Gasteiger partial charge on any atom is 0.330 e. The van der Waals surface area contributed by atoms with Gasteiger partial charge in [-0.1, -0.05) is 13.8 Å². The fraction of sp³-hybridized carbons (Fsp3) is 0.818. The first-order chi connectivity index (χ1) is 7.59. The average molecular weight is 228 g/mol. The van der Waals surface area contributed by atoms with E-state index < -0.39 is 11.5 Å². The summed E-state index contributed by atoms with van der Waals surface area (Å²) in [5.41, 5.74) is -1.02. The Bertz CT molecular complexity index is 270. The molecule has 0 spiro atoms. The summed E-state index contributed by atoms with van der Waals surface area (Å²) in [6.07, 6.45) is 1.93. The van der Waals surface area contributed by atoms with Crippen LogP contribution in [0.5, 0.6) is 0 Å². The third kappa shape index (κ3) is 2.04. The first-order valence-corrected chi connectivity index (χ1v) is 5.75. The van der Waals surface area contributed by atoms with Gasteiger partial charge in [-0.15, -0.1) is 0 Å². The molecule has 0 saturated carbocycles. The highest BCUT2D eigenvalue weighted by Crippen LogP contribution is 2.30. The van der Waals surface area contributed by atoms with Gasteiger partial charge in [0.05, 0.1) is 0 Å². The van der Waals surface area contributed by atoms with Crippen LogP contribution in [0, 0.1) is 5.92 Å². The lowest BCUT2D eigenvalue weighted by Crippen LogP contribution is -2.64. The minimum absolute atomic E-state index is 0.0736. The zero-order valence-corrected chi connectivity index (χ0v) is 9.90. The van der Waals surface area contributed by atoms with Crippen molar-refractivity contribution in [3.05, 3.63) is 0 Å². The Kier molecular flexibility index (Phi) is 4.29. The second-order valence-electron chi connectivity index (χ2n) is 4.38. The van der Waals surface area contributed by atoms with Crippen LogP contribution >= 0.6 is 0 Å². The predicted molar refractivity (Wildman–Crippen MR) is 60.1 cm³/mol. The van der Waals surface area contributed by atoms with Gasteiger partial charge in [-0.25, -0.2) is 4.79 Å². The van der Waals surface area contributed by atoms with Gasteiger partial charge in [-0.05, 0) is 19.4 Å². The lowest BCUT2D eigenvalue weighted by atomic mass is 9.78. The summed E-state index contributed by atoms with van der Waals surface area (Å²) in [6, 6.07) is 0. The van der Waals surface area contributed by atoms with Crippen molar-refractivity contribution in [2.24, 2.45) is 5.92 Å². The van der Waals surface area contributed by atoms with E-state index in [-0.39, 0.29) is 5.92 Å². The molecule has 92 valence electrons. The number of nitrogens with one attached hydrogen (secondary N) is 1. The van der Waals surface area contributed by atoms with Crippen LogP contribution in [0.3, 0.4) is 0 Å². The molecule has 5 heteroatoms. The number of hydrogen-bond acceptors (Lipinski definition) is 3. The Hall–Kier alpha value is -1.10. The Balaban J connectivity index is 3.01. The summed E-state index contributed by atoms with van der Waals surface area (Å²) in [6.45, 7) is 5.61. The molecule has 0 aromatic heterocycles. The molecular formula is C11H20N2O3. The number of carboxylic acids is 1. The molecule has 1 aliphatic rings. The third-order valence-electron chi connectivity index (χ3n) is 3.42. The van der Waals surface area contributed by atoms with Gasteiger partial charge < -0.3 is 15.3 Å². The van der Waals surface area contributed by atoms with E-state index in [1.165, 1.54) is 4.90 Å². The van der Waals surface area contributed by atoms with Crippen molar-refractivity contribution in [3.63, 3.8) is 0 Å². The minimum atomic E-state index is -1.02. The largest absolute Gasteiger partial charge is 0.479 e. The summed E-state index contributed by atoms with van der Waals surface area (Å²) in [5.74, 6) is -0.961. The molecule has 1 aliphatic heterocycles. The normalized spacial score (nSPS) is 29.8. The first-order valence-electron chi connectivity index (χ1n) is 5.75. The van der Waals surface area contributed by atoms with Crippen LogP contribution in [0.4, 0.5) is 0 Å². The van der Waals surface area contributed by atoms with Gasteiger partial charge in [-0.3, -0.25) is 4.79 Å². The van der Waals surface area contributed by atoms with Crippen LogP contribution in [-0.2, 0) is 9.59 Å². The standard InChI is InChI=1S/C11H20N2O3/c1-3-6-13(8-14)11(10(15)16)4-5-12-7-9(11)2/h8-9,12H,3-7H2,1-2H3,(H,15,16). The molecular weight excluding hydrogens is 208 g/mol. The van der Waals surface area contributed by atoms with E-state index >= 15 is 0 Å². The molecule has 1 fully saturated rings. The fourth-order valence-corrected chi connectivity index (χ4v) is 2.47. The van der Waals surface area contributed by atoms with Crippen LogP contribution in [0.1, 0.15) is 26.7 Å². The first kappa shape index (κ1) is 13.0. The third-order valence-corrected chi connectivity index (χ3v) is 3.42. The minimum Gasteiger partial charge on any atom is -0.479 e. The highest BCUT2D eigenvalue weighted by Gasteiger charge is 2.49. The molecule has 1 rings (SSSR count). The van der Waals surface area contributed by atoms with Gasteiger partial charge in [0.1, 0.15) is 5.54 Å². The number of rotatable bonds is 5. The van der Waals surface area contributed by atoms with Crippen molar-refractivity contribution in [1.29, 1.82) is 0 Å². The zero-order chi connectivity index (χ0) is 12.2. The summed E-state index contributed by atoms with van der Waals surface area (Å²) in [4.78, 5) is 24.1. The van der Waals surface area contributed by atoms with Gasteiger partial charge in [0.25, 0.3) is 0 Å². The Labute approximate surface area is 95.8 Å². The SMILES string of the molecule is CCCN(C=O)C1(C(=O)O)CCNCC1C. The second-order valence-corrected chi connectivity index (χ2v) is 4.38. The van der Waals surface area contributed by atoms with Gasteiger partial charge in [-0.2, -0.15) is 0 Å². The van der Waals surface area contributed by atoms with Crippen LogP contribution in [0.2, 0.25) is 0 Å². The molecule has 1 heterocycles. The molecule has 0 aromatic carbocycles. The van der Waals surface area contributed by atoms with E-state index in [0.29, 0.717) is 32.5 Å². The van der Waals surface area contributed by atoms with Crippen molar-refractivity contribution in [2.45, 2.75) is 32.2 Å². The average Bonchev–Trinajstić information content (AvgIpc) is 2.27. The number of piperidine rings is 1. The number of carbonyl (C=O) groups is 2. The molecule has 2 N–H and O–H groups in total.